The van der Waals surface area contributed by atoms with E-state index in [0.29, 0.717) is 23.8 Å². The second-order valence-electron chi connectivity index (χ2n) is 5.72. The van der Waals surface area contributed by atoms with E-state index in [1.54, 1.807) is 30.5 Å². The van der Waals surface area contributed by atoms with Crippen LogP contribution in [0.25, 0.3) is 0 Å². The lowest BCUT2D eigenvalue weighted by Crippen LogP contribution is -2.23. The number of pyridine rings is 1. The van der Waals surface area contributed by atoms with E-state index in [1.165, 1.54) is 12.1 Å². The third-order valence-corrected chi connectivity index (χ3v) is 4.02. The molecular weight excluding hydrogens is 353 g/mol. The Morgan fingerprint density at radius 3 is 2.35 bits per heavy atom. The molecule has 6 heteroatoms. The third kappa shape index (κ3) is 5.04. The van der Waals surface area contributed by atoms with Gasteiger partial charge in [0.15, 0.2) is 0 Å². The molecule has 0 fully saturated rings. The molecule has 4 nitrogen and oxygen atoms in total. The van der Waals surface area contributed by atoms with Crippen LogP contribution in [0.15, 0.2) is 66.9 Å². The van der Waals surface area contributed by atoms with Crippen LogP contribution in [0, 0.1) is 5.82 Å². The largest absolute Gasteiger partial charge is 0.381 e. The molecule has 3 aromatic rings. The minimum absolute atomic E-state index is 0.288. The highest BCUT2D eigenvalue weighted by Gasteiger charge is 2.08. The lowest BCUT2D eigenvalue weighted by Gasteiger charge is -2.09. The van der Waals surface area contributed by atoms with E-state index in [-0.39, 0.29) is 11.7 Å². The summed E-state index contributed by atoms with van der Waals surface area (Å²) in [6.07, 6.45) is 1.58. The zero-order valence-electron chi connectivity index (χ0n) is 13.9. The first-order valence-corrected chi connectivity index (χ1v) is 8.45. The number of rotatable bonds is 6. The van der Waals surface area contributed by atoms with Crippen molar-refractivity contribution in [3.8, 4) is 0 Å². The average molecular weight is 370 g/mol. The number of benzene rings is 2. The molecule has 0 spiro atoms. The van der Waals surface area contributed by atoms with Gasteiger partial charge in [0.25, 0.3) is 5.91 Å². The summed E-state index contributed by atoms with van der Waals surface area (Å²) in [5.74, 6) is -0.592. The second kappa shape index (κ2) is 8.45. The maximum atomic E-state index is 12.9. The molecule has 0 bridgehead atoms. The molecule has 1 aromatic heterocycles. The van der Waals surface area contributed by atoms with Gasteiger partial charge in [0, 0.05) is 30.0 Å². The van der Waals surface area contributed by atoms with Gasteiger partial charge in [-0.1, -0.05) is 35.9 Å². The first kappa shape index (κ1) is 17.9. The molecule has 1 heterocycles. The average Bonchev–Trinajstić information content (AvgIpc) is 2.67. The SMILES string of the molecule is O=C(NCc1ccc(F)cc1)c1cc(NCc2ccc(Cl)cc2)ccn1. The number of aromatic nitrogens is 1. The number of amides is 1. The van der Waals surface area contributed by atoms with E-state index in [2.05, 4.69) is 15.6 Å². The molecule has 0 aliphatic carbocycles. The molecule has 3 rings (SSSR count). The van der Waals surface area contributed by atoms with E-state index in [9.17, 15) is 9.18 Å². The molecule has 2 N–H and O–H groups in total. The van der Waals surface area contributed by atoms with Crippen LogP contribution >= 0.6 is 11.6 Å². The van der Waals surface area contributed by atoms with Gasteiger partial charge in [0.05, 0.1) is 0 Å². The Kier molecular flexibility index (Phi) is 5.81. The van der Waals surface area contributed by atoms with Gasteiger partial charge in [-0.3, -0.25) is 9.78 Å². The van der Waals surface area contributed by atoms with E-state index in [1.807, 2.05) is 24.3 Å². The summed E-state index contributed by atoms with van der Waals surface area (Å²) < 4.78 is 12.9. The smallest absolute Gasteiger partial charge is 0.270 e. The van der Waals surface area contributed by atoms with Gasteiger partial charge in [-0.25, -0.2) is 4.39 Å². The molecule has 0 saturated carbocycles. The topological polar surface area (TPSA) is 54.0 Å². The summed E-state index contributed by atoms with van der Waals surface area (Å²) in [6.45, 7) is 0.918. The molecule has 0 unspecified atom stereocenters. The van der Waals surface area contributed by atoms with Crippen molar-refractivity contribution in [2.75, 3.05) is 5.32 Å². The number of carbonyl (C=O) groups is 1. The minimum atomic E-state index is -0.304. The van der Waals surface area contributed by atoms with Crippen LogP contribution in [0.2, 0.25) is 5.02 Å². The molecule has 0 aliphatic heterocycles. The van der Waals surface area contributed by atoms with Crippen LogP contribution < -0.4 is 10.6 Å². The number of carbonyl (C=O) groups excluding carboxylic acids is 1. The van der Waals surface area contributed by atoms with Crippen molar-refractivity contribution in [3.05, 3.63) is 94.5 Å². The van der Waals surface area contributed by atoms with Gasteiger partial charge < -0.3 is 10.6 Å². The fraction of sp³-hybridized carbons (Fsp3) is 0.100. The van der Waals surface area contributed by atoms with Crippen LogP contribution in [-0.4, -0.2) is 10.9 Å². The summed E-state index contributed by atoms with van der Waals surface area (Å²) in [4.78, 5) is 16.4. The van der Waals surface area contributed by atoms with E-state index in [4.69, 9.17) is 11.6 Å². The molecule has 132 valence electrons. The Bertz CT molecular complexity index is 882. The van der Waals surface area contributed by atoms with Gasteiger partial charge in [-0.05, 0) is 47.5 Å². The van der Waals surface area contributed by atoms with E-state index < -0.39 is 0 Å². The highest BCUT2D eigenvalue weighted by molar-refractivity contribution is 6.30. The zero-order chi connectivity index (χ0) is 18.4. The molecule has 0 radical (unpaired) electrons. The van der Waals surface area contributed by atoms with Crippen molar-refractivity contribution in [2.24, 2.45) is 0 Å². The number of nitrogens with one attached hydrogen (secondary N) is 2. The first-order valence-electron chi connectivity index (χ1n) is 8.07. The first-order chi connectivity index (χ1) is 12.6. The monoisotopic (exact) mass is 369 g/mol. The Labute approximate surface area is 156 Å². The molecule has 26 heavy (non-hydrogen) atoms. The normalized spacial score (nSPS) is 10.4. The molecule has 1 amide bonds. The summed E-state index contributed by atoms with van der Waals surface area (Å²) in [5, 5.41) is 6.72. The van der Waals surface area contributed by atoms with Crippen molar-refractivity contribution in [2.45, 2.75) is 13.1 Å². The third-order valence-electron chi connectivity index (χ3n) is 3.77. The summed E-state index contributed by atoms with van der Waals surface area (Å²) in [5.41, 5.74) is 3.00. The summed E-state index contributed by atoms with van der Waals surface area (Å²) >= 11 is 5.87. The number of hydrogen-bond acceptors (Lipinski definition) is 3. The molecule has 0 aliphatic rings. The van der Waals surface area contributed by atoms with E-state index >= 15 is 0 Å². The van der Waals surface area contributed by atoms with Gasteiger partial charge in [-0.15, -0.1) is 0 Å². The van der Waals surface area contributed by atoms with Crippen LogP contribution in [0.4, 0.5) is 10.1 Å². The van der Waals surface area contributed by atoms with Gasteiger partial charge in [-0.2, -0.15) is 0 Å². The number of hydrogen-bond donors (Lipinski definition) is 2. The molecular formula is C20H17ClFN3O. The van der Waals surface area contributed by atoms with Gasteiger partial charge in [0.1, 0.15) is 11.5 Å². The molecule has 0 saturated heterocycles. The lowest BCUT2D eigenvalue weighted by molar-refractivity contribution is 0.0946. The molecule has 2 aromatic carbocycles. The van der Waals surface area contributed by atoms with Crippen molar-refractivity contribution >= 4 is 23.2 Å². The second-order valence-corrected chi connectivity index (χ2v) is 6.16. The molecule has 0 atom stereocenters. The van der Waals surface area contributed by atoms with Crippen molar-refractivity contribution < 1.29 is 9.18 Å². The van der Waals surface area contributed by atoms with E-state index in [0.717, 1.165) is 16.8 Å². The highest BCUT2D eigenvalue weighted by Crippen LogP contribution is 2.13. The standard InChI is InChI=1S/C20H17ClFN3O/c21-16-5-1-14(2-6-16)12-24-18-9-10-23-19(11-18)20(26)25-13-15-3-7-17(22)8-4-15/h1-11H,12-13H2,(H,23,24)(H,25,26). The lowest BCUT2D eigenvalue weighted by atomic mass is 10.2. The van der Waals surface area contributed by atoms with Gasteiger partial charge >= 0.3 is 0 Å². The van der Waals surface area contributed by atoms with Crippen LogP contribution in [0.3, 0.4) is 0 Å². The van der Waals surface area contributed by atoms with Crippen molar-refractivity contribution in [1.82, 2.24) is 10.3 Å². The van der Waals surface area contributed by atoms with Crippen molar-refractivity contribution in [1.29, 1.82) is 0 Å². The fourth-order valence-corrected chi connectivity index (χ4v) is 2.47. The fourth-order valence-electron chi connectivity index (χ4n) is 2.35. The van der Waals surface area contributed by atoms with Crippen LogP contribution in [-0.2, 0) is 13.1 Å². The predicted molar refractivity (Wildman–Crippen MR) is 101 cm³/mol. The maximum Gasteiger partial charge on any atom is 0.270 e. The maximum absolute atomic E-state index is 12.9. The minimum Gasteiger partial charge on any atom is -0.381 e. The quantitative estimate of drug-likeness (QED) is 0.676. The Hall–Kier alpha value is -2.92. The summed E-state index contributed by atoms with van der Waals surface area (Å²) in [6, 6.07) is 17.0. The zero-order valence-corrected chi connectivity index (χ0v) is 14.6. The van der Waals surface area contributed by atoms with Crippen molar-refractivity contribution in [3.63, 3.8) is 0 Å². The Morgan fingerprint density at radius 1 is 0.962 bits per heavy atom. The number of nitrogens with zero attached hydrogens (tertiary/aromatic N) is 1. The summed E-state index contributed by atoms with van der Waals surface area (Å²) in [7, 11) is 0. The number of anilines is 1. The van der Waals surface area contributed by atoms with Crippen LogP contribution in [0.5, 0.6) is 0 Å². The number of halogens is 2. The Morgan fingerprint density at radius 2 is 1.62 bits per heavy atom. The van der Waals surface area contributed by atoms with Gasteiger partial charge in [0.2, 0.25) is 0 Å². The predicted octanol–water partition coefficient (Wildman–Crippen LogP) is 4.42. The van der Waals surface area contributed by atoms with Crippen LogP contribution in [0.1, 0.15) is 21.6 Å². The Balaban J connectivity index is 1.58. The highest BCUT2D eigenvalue weighted by atomic mass is 35.5.